The van der Waals surface area contributed by atoms with Gasteiger partial charge in [0.15, 0.2) is 12.5 Å². The van der Waals surface area contributed by atoms with Crippen molar-refractivity contribution in [3.05, 3.63) is 0 Å². The highest BCUT2D eigenvalue weighted by Crippen LogP contribution is 1.85. The molecule has 2 atom stereocenters. The maximum absolute atomic E-state index is 10.2. The van der Waals surface area contributed by atoms with E-state index in [2.05, 4.69) is 16.2 Å². The molecule has 0 fully saturated rings. The van der Waals surface area contributed by atoms with Crippen LogP contribution in [0.25, 0.3) is 0 Å². The molecule has 0 spiro atoms. The van der Waals surface area contributed by atoms with Gasteiger partial charge in [-0.25, -0.2) is 0 Å². The minimum atomic E-state index is -1.41. The monoisotopic (exact) mass is 162 g/mol. The second-order valence-electron chi connectivity index (χ2n) is 1.78. The van der Waals surface area contributed by atoms with Gasteiger partial charge in [0, 0.05) is 0 Å². The molecule has 0 aliphatic rings. The number of carbonyl (C=O) groups is 2. The molecule has 0 saturated carbocycles. The number of primary amides is 2. The van der Waals surface area contributed by atoms with E-state index in [0.29, 0.717) is 0 Å². The molecule has 0 heterocycles. The third-order valence-electron chi connectivity index (χ3n) is 0.854. The SMILES string of the molecule is NC(=O)C(N)OC(N)C(N)=O. The molecule has 64 valence electrons. The van der Waals surface area contributed by atoms with Gasteiger partial charge in [0.2, 0.25) is 0 Å². The average Bonchev–Trinajstić information content (AvgIpc) is 1.87. The topological polar surface area (TPSA) is 147 Å². The van der Waals surface area contributed by atoms with Crippen LogP contribution in [0.15, 0.2) is 0 Å². The van der Waals surface area contributed by atoms with Crippen molar-refractivity contribution in [1.82, 2.24) is 0 Å². The van der Waals surface area contributed by atoms with Crippen LogP contribution in [0.4, 0.5) is 0 Å². The van der Waals surface area contributed by atoms with Gasteiger partial charge in [-0.15, -0.1) is 0 Å². The summed E-state index contributed by atoms with van der Waals surface area (Å²) in [6.07, 6.45) is -2.81. The Bertz CT molecular complexity index is 153. The van der Waals surface area contributed by atoms with E-state index in [-0.39, 0.29) is 0 Å². The van der Waals surface area contributed by atoms with Gasteiger partial charge >= 0.3 is 0 Å². The van der Waals surface area contributed by atoms with Crippen LogP contribution in [-0.4, -0.2) is 24.3 Å². The van der Waals surface area contributed by atoms with Gasteiger partial charge in [-0.05, 0) is 0 Å². The molecular weight excluding hydrogens is 152 g/mol. The van der Waals surface area contributed by atoms with Crippen LogP contribution in [0.5, 0.6) is 0 Å². The molecule has 0 aliphatic carbocycles. The standard InChI is InChI=1S/C4H10N4O3/c5-1(9)3(7)11-4(8)2(6)10/h3-4H,7-8H2,(H2,5,9)(H2,6,10). The zero-order valence-electron chi connectivity index (χ0n) is 5.69. The summed E-state index contributed by atoms with van der Waals surface area (Å²) in [5.41, 5.74) is 19.3. The van der Waals surface area contributed by atoms with Crippen molar-refractivity contribution >= 4 is 11.8 Å². The Labute approximate surface area is 62.6 Å². The van der Waals surface area contributed by atoms with Gasteiger partial charge in [0.25, 0.3) is 11.8 Å². The zero-order valence-corrected chi connectivity index (χ0v) is 5.69. The Morgan fingerprint density at radius 1 is 1.00 bits per heavy atom. The summed E-state index contributed by atoms with van der Waals surface area (Å²) >= 11 is 0. The van der Waals surface area contributed by atoms with Crippen LogP contribution in [0.3, 0.4) is 0 Å². The van der Waals surface area contributed by atoms with Gasteiger partial charge in [-0.2, -0.15) is 0 Å². The van der Waals surface area contributed by atoms with E-state index in [1.165, 1.54) is 0 Å². The number of carbonyl (C=O) groups excluding carboxylic acids is 2. The molecule has 0 aromatic carbocycles. The highest BCUT2D eigenvalue weighted by atomic mass is 16.5. The number of hydrogen-bond donors (Lipinski definition) is 4. The molecular formula is C4H10N4O3. The highest BCUT2D eigenvalue weighted by molar-refractivity contribution is 5.80. The first-order valence-corrected chi connectivity index (χ1v) is 2.70. The van der Waals surface area contributed by atoms with E-state index >= 15 is 0 Å². The predicted octanol–water partition coefficient (Wildman–Crippen LogP) is -3.46. The lowest BCUT2D eigenvalue weighted by molar-refractivity contribution is -0.141. The van der Waals surface area contributed by atoms with E-state index in [9.17, 15) is 9.59 Å². The first kappa shape index (κ1) is 9.82. The highest BCUT2D eigenvalue weighted by Gasteiger charge is 2.17. The average molecular weight is 162 g/mol. The van der Waals surface area contributed by atoms with Crippen LogP contribution >= 0.6 is 0 Å². The first-order valence-electron chi connectivity index (χ1n) is 2.70. The van der Waals surface area contributed by atoms with E-state index in [4.69, 9.17) is 11.5 Å². The lowest BCUT2D eigenvalue weighted by atomic mass is 10.5. The Balaban J connectivity index is 3.84. The summed E-state index contributed by atoms with van der Waals surface area (Å²) in [5.74, 6) is -1.83. The quantitative estimate of drug-likeness (QED) is 0.317. The number of rotatable bonds is 4. The normalized spacial score (nSPS) is 15.5. The van der Waals surface area contributed by atoms with Crippen LogP contribution in [0.1, 0.15) is 0 Å². The van der Waals surface area contributed by atoms with Crippen molar-refractivity contribution in [2.75, 3.05) is 0 Å². The summed E-state index contributed by atoms with van der Waals surface area (Å²) < 4.78 is 4.38. The van der Waals surface area contributed by atoms with Crippen molar-refractivity contribution in [2.24, 2.45) is 22.9 Å². The van der Waals surface area contributed by atoms with Crippen LogP contribution in [0.2, 0.25) is 0 Å². The summed E-state index contributed by atoms with van der Waals surface area (Å²) in [6, 6.07) is 0. The largest absolute Gasteiger partial charge is 0.366 e. The Morgan fingerprint density at radius 2 is 1.27 bits per heavy atom. The predicted molar refractivity (Wildman–Crippen MR) is 35.4 cm³/mol. The molecule has 0 radical (unpaired) electrons. The Morgan fingerprint density at radius 3 is 1.45 bits per heavy atom. The fourth-order valence-corrected chi connectivity index (χ4v) is 0.292. The summed E-state index contributed by atoms with van der Waals surface area (Å²) in [6.45, 7) is 0. The lowest BCUT2D eigenvalue weighted by Gasteiger charge is -2.12. The molecule has 0 aromatic rings. The van der Waals surface area contributed by atoms with Gasteiger partial charge < -0.3 is 16.2 Å². The second-order valence-corrected chi connectivity index (χ2v) is 1.78. The number of nitrogens with two attached hydrogens (primary N) is 4. The second kappa shape index (κ2) is 3.86. The maximum atomic E-state index is 10.2. The molecule has 11 heavy (non-hydrogen) atoms. The Hall–Kier alpha value is -1.18. The molecule has 0 saturated heterocycles. The van der Waals surface area contributed by atoms with Crippen molar-refractivity contribution in [3.8, 4) is 0 Å². The van der Waals surface area contributed by atoms with Gasteiger partial charge in [0.1, 0.15) is 0 Å². The van der Waals surface area contributed by atoms with Crippen molar-refractivity contribution in [1.29, 1.82) is 0 Å². The van der Waals surface area contributed by atoms with Crippen molar-refractivity contribution < 1.29 is 14.3 Å². The molecule has 7 heteroatoms. The van der Waals surface area contributed by atoms with E-state index in [1.54, 1.807) is 0 Å². The van der Waals surface area contributed by atoms with Crippen LogP contribution in [-0.2, 0) is 14.3 Å². The number of hydrogen-bond acceptors (Lipinski definition) is 5. The minimum Gasteiger partial charge on any atom is -0.366 e. The molecule has 0 aliphatic heterocycles. The molecule has 2 unspecified atom stereocenters. The summed E-state index contributed by atoms with van der Waals surface area (Å²) in [4.78, 5) is 20.4. The van der Waals surface area contributed by atoms with E-state index in [0.717, 1.165) is 0 Å². The molecule has 7 nitrogen and oxygen atoms in total. The van der Waals surface area contributed by atoms with Crippen molar-refractivity contribution in [2.45, 2.75) is 12.5 Å². The first-order chi connectivity index (χ1) is 4.95. The molecule has 2 amide bonds. The maximum Gasteiger partial charge on any atom is 0.261 e. The fourth-order valence-electron chi connectivity index (χ4n) is 0.292. The zero-order chi connectivity index (χ0) is 9.02. The molecule has 0 bridgehead atoms. The number of ether oxygens (including phenoxy) is 1. The van der Waals surface area contributed by atoms with Crippen molar-refractivity contribution in [3.63, 3.8) is 0 Å². The van der Waals surface area contributed by atoms with Crippen LogP contribution in [0, 0.1) is 0 Å². The summed E-state index contributed by atoms with van der Waals surface area (Å²) in [7, 11) is 0. The van der Waals surface area contributed by atoms with Gasteiger partial charge in [-0.3, -0.25) is 21.1 Å². The third-order valence-corrected chi connectivity index (χ3v) is 0.854. The Kier molecular flexibility index (Phi) is 3.45. The molecule has 0 rings (SSSR count). The van der Waals surface area contributed by atoms with E-state index in [1.807, 2.05) is 0 Å². The van der Waals surface area contributed by atoms with Gasteiger partial charge in [-0.1, -0.05) is 0 Å². The summed E-state index contributed by atoms with van der Waals surface area (Å²) in [5, 5.41) is 0. The molecule has 8 N–H and O–H groups in total. The lowest BCUT2D eigenvalue weighted by Crippen LogP contribution is -2.48. The smallest absolute Gasteiger partial charge is 0.261 e. The number of amides is 2. The van der Waals surface area contributed by atoms with E-state index < -0.39 is 24.3 Å². The van der Waals surface area contributed by atoms with Gasteiger partial charge in [0.05, 0.1) is 0 Å². The molecule has 0 aromatic heterocycles. The van der Waals surface area contributed by atoms with Crippen LogP contribution < -0.4 is 22.9 Å². The minimum absolute atomic E-state index is 0.915. The fraction of sp³-hybridized carbons (Fsp3) is 0.500. The third kappa shape index (κ3) is 3.50.